The summed E-state index contributed by atoms with van der Waals surface area (Å²) in [5.41, 5.74) is 0.626. The monoisotopic (exact) mass is 513 g/mol. The van der Waals surface area contributed by atoms with E-state index in [2.05, 4.69) is 27.0 Å². The summed E-state index contributed by atoms with van der Waals surface area (Å²) in [4.78, 5) is 33.5. The van der Waals surface area contributed by atoms with Crippen molar-refractivity contribution in [3.63, 3.8) is 0 Å². The standard InChI is InChI=1S/C12H20O2.C10H10O3.C7H7O3/c1-9(2)11(13)14-12(10(3)4)7-5-6-8-12;1-7(2)10(12)13-9-5-3-8(11)4-6-9;8-7-4-1-3-2-5(10-7)6(4)9-3/h10H,1,5-8H2,2-4H3;3-6,11H,1H2,2H3;2-6H,1H2. The predicted molar refractivity (Wildman–Crippen MR) is 136 cm³/mol. The minimum Gasteiger partial charge on any atom is -0.508 e. The van der Waals surface area contributed by atoms with Crippen LogP contribution in [0.25, 0.3) is 0 Å². The number of fused-ring (bicyclic) bond motifs is 1. The summed E-state index contributed by atoms with van der Waals surface area (Å²) < 4.78 is 20.9. The van der Waals surface area contributed by atoms with Gasteiger partial charge < -0.3 is 24.1 Å². The summed E-state index contributed by atoms with van der Waals surface area (Å²) in [6, 6.07) is 5.91. The van der Waals surface area contributed by atoms with Crippen molar-refractivity contribution < 1.29 is 38.4 Å². The van der Waals surface area contributed by atoms with E-state index in [1.54, 1.807) is 13.8 Å². The highest BCUT2D eigenvalue weighted by Crippen LogP contribution is 2.45. The molecule has 8 nitrogen and oxygen atoms in total. The van der Waals surface area contributed by atoms with Gasteiger partial charge in [-0.1, -0.05) is 27.0 Å². The van der Waals surface area contributed by atoms with Gasteiger partial charge in [-0.15, -0.1) is 0 Å². The van der Waals surface area contributed by atoms with Gasteiger partial charge in [-0.25, -0.2) is 9.59 Å². The highest BCUT2D eigenvalue weighted by atomic mass is 16.6. The molecule has 4 atom stereocenters. The Balaban J connectivity index is 0.000000155. The van der Waals surface area contributed by atoms with Gasteiger partial charge in [0.05, 0.1) is 12.0 Å². The number of esters is 3. The van der Waals surface area contributed by atoms with Crippen molar-refractivity contribution in [1.82, 2.24) is 0 Å². The second-order valence-corrected chi connectivity index (χ2v) is 10.3. The molecule has 3 aliphatic heterocycles. The zero-order valence-electron chi connectivity index (χ0n) is 22.0. The number of hydrogen-bond acceptors (Lipinski definition) is 8. The zero-order chi connectivity index (χ0) is 27.3. The van der Waals surface area contributed by atoms with Crippen molar-refractivity contribution in [3.8, 4) is 11.5 Å². The first kappa shape index (κ1) is 28.4. The minimum atomic E-state index is -0.467. The van der Waals surface area contributed by atoms with Gasteiger partial charge in [-0.05, 0) is 76.1 Å². The first-order valence-electron chi connectivity index (χ1n) is 12.7. The largest absolute Gasteiger partial charge is 0.508 e. The molecule has 1 aliphatic carbocycles. The van der Waals surface area contributed by atoms with Gasteiger partial charge in [0.1, 0.15) is 29.3 Å². The molecular weight excluding hydrogens is 476 g/mol. The minimum absolute atomic E-state index is 0.0174. The van der Waals surface area contributed by atoms with Crippen LogP contribution in [0.3, 0.4) is 0 Å². The maximum atomic E-state index is 11.5. The van der Waals surface area contributed by atoms with Crippen molar-refractivity contribution in [3.05, 3.63) is 55.0 Å². The number of ether oxygens (including phenoxy) is 4. The molecule has 1 radical (unpaired) electrons. The predicted octanol–water partition coefficient (Wildman–Crippen LogP) is 4.85. The van der Waals surface area contributed by atoms with Crippen LogP contribution in [0.15, 0.2) is 48.6 Å². The SMILES string of the molecule is C=C(C)C(=O)OC1(C(C)C)CCCC1.C=C(C)C(=O)Oc1ccc(O)cc1.O=C1OC2[CH]C3CC1C2O3. The lowest BCUT2D eigenvalue weighted by atomic mass is 9.88. The summed E-state index contributed by atoms with van der Waals surface area (Å²) in [5.74, 6) is 0.215. The highest BCUT2D eigenvalue weighted by Gasteiger charge is 2.58. The Morgan fingerprint density at radius 1 is 1.05 bits per heavy atom. The third-order valence-electron chi connectivity index (χ3n) is 7.04. The molecule has 1 aromatic rings. The van der Waals surface area contributed by atoms with Gasteiger partial charge in [0.2, 0.25) is 0 Å². The molecule has 1 N–H and O–H groups in total. The summed E-state index contributed by atoms with van der Waals surface area (Å²) >= 11 is 0. The van der Waals surface area contributed by atoms with Crippen LogP contribution < -0.4 is 4.74 Å². The number of carbonyl (C=O) groups is 3. The van der Waals surface area contributed by atoms with E-state index in [4.69, 9.17) is 24.1 Å². The van der Waals surface area contributed by atoms with Crippen molar-refractivity contribution in [1.29, 1.82) is 0 Å². The molecule has 3 saturated heterocycles. The number of benzene rings is 1. The highest BCUT2D eigenvalue weighted by molar-refractivity contribution is 5.88. The number of hydrogen-bond donors (Lipinski definition) is 1. The first-order chi connectivity index (χ1) is 17.4. The summed E-state index contributed by atoms with van der Waals surface area (Å²) in [5, 5.41) is 8.94. The van der Waals surface area contributed by atoms with Crippen molar-refractivity contribution in [2.24, 2.45) is 11.8 Å². The van der Waals surface area contributed by atoms with Gasteiger partial charge in [0.25, 0.3) is 0 Å². The van der Waals surface area contributed by atoms with Crippen LogP contribution in [0.1, 0.15) is 59.8 Å². The summed E-state index contributed by atoms with van der Waals surface area (Å²) in [6.07, 6.45) is 7.43. The fourth-order valence-electron chi connectivity index (χ4n) is 4.80. The normalized spacial score (nSPS) is 25.8. The Labute approximate surface area is 218 Å². The molecule has 2 bridgehead atoms. The van der Waals surface area contributed by atoms with Crippen molar-refractivity contribution in [2.75, 3.05) is 0 Å². The van der Waals surface area contributed by atoms with Crippen LogP contribution in [0.2, 0.25) is 0 Å². The van der Waals surface area contributed by atoms with E-state index < -0.39 is 5.97 Å². The van der Waals surface area contributed by atoms with Gasteiger partial charge in [-0.2, -0.15) is 0 Å². The lowest BCUT2D eigenvalue weighted by Crippen LogP contribution is -2.37. The van der Waals surface area contributed by atoms with Crippen molar-refractivity contribution >= 4 is 17.9 Å². The van der Waals surface area contributed by atoms with Gasteiger partial charge in [0.15, 0.2) is 0 Å². The molecule has 201 valence electrons. The second-order valence-electron chi connectivity index (χ2n) is 10.3. The molecule has 4 unspecified atom stereocenters. The van der Waals surface area contributed by atoms with E-state index in [0.717, 1.165) is 19.3 Å². The van der Waals surface area contributed by atoms with Crippen LogP contribution in [-0.2, 0) is 28.6 Å². The quantitative estimate of drug-likeness (QED) is 0.338. The molecule has 0 amide bonds. The first-order valence-corrected chi connectivity index (χ1v) is 12.7. The molecular formula is C29H37O8. The van der Waals surface area contributed by atoms with Crippen LogP contribution in [0.4, 0.5) is 0 Å². The molecule has 0 spiro atoms. The number of phenols is 1. The van der Waals surface area contributed by atoms with E-state index in [0.29, 0.717) is 22.8 Å². The molecule has 4 aliphatic rings. The van der Waals surface area contributed by atoms with E-state index in [-0.39, 0.29) is 47.5 Å². The maximum Gasteiger partial charge on any atom is 0.338 e. The molecule has 1 saturated carbocycles. The van der Waals surface area contributed by atoms with Crippen LogP contribution in [0.5, 0.6) is 11.5 Å². The lowest BCUT2D eigenvalue weighted by molar-refractivity contribution is -0.159. The van der Waals surface area contributed by atoms with E-state index >= 15 is 0 Å². The molecule has 5 rings (SSSR count). The molecule has 1 aromatic carbocycles. The third kappa shape index (κ3) is 7.01. The molecule has 37 heavy (non-hydrogen) atoms. The molecule has 3 heterocycles. The topological polar surface area (TPSA) is 108 Å². The number of carbonyl (C=O) groups excluding carboxylic acids is 3. The smallest absolute Gasteiger partial charge is 0.338 e. The summed E-state index contributed by atoms with van der Waals surface area (Å²) in [7, 11) is 0. The Morgan fingerprint density at radius 3 is 2.11 bits per heavy atom. The Kier molecular flexibility index (Phi) is 9.18. The average Bonchev–Trinajstić information content (AvgIpc) is 3.60. The molecule has 8 heteroatoms. The maximum absolute atomic E-state index is 11.5. The number of rotatable bonds is 5. The number of phenolic OH excluding ortho intramolecular Hbond substituents is 1. The summed E-state index contributed by atoms with van der Waals surface area (Å²) in [6.45, 7) is 14.6. The fourth-order valence-corrected chi connectivity index (χ4v) is 4.80. The van der Waals surface area contributed by atoms with E-state index in [1.165, 1.54) is 37.1 Å². The van der Waals surface area contributed by atoms with E-state index in [1.807, 2.05) is 6.42 Å². The Hall–Kier alpha value is -3.13. The third-order valence-corrected chi connectivity index (χ3v) is 7.04. The van der Waals surface area contributed by atoms with Gasteiger partial charge in [0, 0.05) is 17.6 Å². The Bertz CT molecular complexity index is 1020. The van der Waals surface area contributed by atoms with Gasteiger partial charge in [-0.3, -0.25) is 4.79 Å². The Morgan fingerprint density at radius 2 is 1.65 bits per heavy atom. The van der Waals surface area contributed by atoms with E-state index in [9.17, 15) is 14.4 Å². The van der Waals surface area contributed by atoms with Crippen LogP contribution in [-0.4, -0.2) is 46.9 Å². The zero-order valence-corrected chi connectivity index (χ0v) is 22.0. The number of aromatic hydroxyl groups is 1. The van der Waals surface area contributed by atoms with Crippen molar-refractivity contribution in [2.45, 2.75) is 83.7 Å². The fraction of sp³-hybridized carbons (Fsp3) is 0.517. The second kappa shape index (κ2) is 11.9. The lowest BCUT2D eigenvalue weighted by Gasteiger charge is -2.33. The molecule has 0 aromatic heterocycles. The van der Waals surface area contributed by atoms with Gasteiger partial charge >= 0.3 is 17.9 Å². The van der Waals surface area contributed by atoms with Crippen LogP contribution >= 0.6 is 0 Å². The molecule has 4 fully saturated rings. The van der Waals surface area contributed by atoms with Crippen LogP contribution in [0, 0.1) is 18.3 Å². The average molecular weight is 514 g/mol.